The average Bonchev–Trinajstić information content (AvgIpc) is 3.10. The fraction of sp³-hybridized carbons (Fsp3) is 0.304. The van der Waals surface area contributed by atoms with Crippen molar-refractivity contribution in [3.8, 4) is 11.3 Å². The van der Waals surface area contributed by atoms with Gasteiger partial charge in [0, 0.05) is 12.1 Å². The van der Waals surface area contributed by atoms with E-state index in [1.54, 1.807) is 13.0 Å². The summed E-state index contributed by atoms with van der Waals surface area (Å²) in [4.78, 5) is 15.1. The Balaban J connectivity index is 1.81. The molecule has 6 heteroatoms. The van der Waals surface area contributed by atoms with Crippen LogP contribution in [0.1, 0.15) is 40.2 Å². The first-order valence-corrected chi connectivity index (χ1v) is 10.0. The van der Waals surface area contributed by atoms with E-state index in [4.69, 9.17) is 16.1 Å². The van der Waals surface area contributed by atoms with Crippen LogP contribution in [-0.2, 0) is 6.42 Å². The summed E-state index contributed by atoms with van der Waals surface area (Å²) in [6.07, 6.45) is 1.00. The van der Waals surface area contributed by atoms with Crippen LogP contribution in [0.5, 0.6) is 0 Å². The van der Waals surface area contributed by atoms with Gasteiger partial charge in [0.1, 0.15) is 17.0 Å². The molecule has 3 rings (SSSR count). The number of rotatable bonds is 7. The number of nitrogens with zero attached hydrogens (tertiary/aromatic N) is 2. The maximum absolute atomic E-state index is 13.0. The highest BCUT2D eigenvalue weighted by Gasteiger charge is 2.24. The van der Waals surface area contributed by atoms with Gasteiger partial charge < -0.3 is 14.7 Å². The summed E-state index contributed by atoms with van der Waals surface area (Å²) in [6, 6.07) is 15.8. The number of aryl methyl sites for hydroxylation is 2. The van der Waals surface area contributed by atoms with Crippen LogP contribution in [0.25, 0.3) is 11.3 Å². The van der Waals surface area contributed by atoms with E-state index in [0.717, 1.165) is 12.0 Å². The smallest absolute Gasteiger partial charge is 0.257 e. The Bertz CT molecular complexity index is 980. The van der Waals surface area contributed by atoms with Gasteiger partial charge in [0.25, 0.3) is 5.91 Å². The second-order valence-corrected chi connectivity index (χ2v) is 7.63. The van der Waals surface area contributed by atoms with Gasteiger partial charge in [0.05, 0.1) is 11.1 Å². The van der Waals surface area contributed by atoms with E-state index in [2.05, 4.69) is 46.6 Å². The largest absolute Gasteiger partial charge is 0.360 e. The zero-order valence-electron chi connectivity index (χ0n) is 17.2. The summed E-state index contributed by atoms with van der Waals surface area (Å²) >= 11 is 6.30. The molecule has 0 aliphatic rings. The summed E-state index contributed by atoms with van der Waals surface area (Å²) in [7, 11) is 4.01. The molecule has 1 unspecified atom stereocenters. The Morgan fingerprint density at radius 2 is 1.86 bits per heavy atom. The van der Waals surface area contributed by atoms with Crippen LogP contribution in [0.15, 0.2) is 53.1 Å². The lowest BCUT2D eigenvalue weighted by atomic mass is 10.0. The molecule has 0 fully saturated rings. The molecule has 3 aromatic rings. The highest BCUT2D eigenvalue weighted by atomic mass is 35.5. The normalized spacial score (nSPS) is 12.2. The van der Waals surface area contributed by atoms with Crippen LogP contribution in [-0.4, -0.2) is 36.6 Å². The van der Waals surface area contributed by atoms with Gasteiger partial charge in [-0.1, -0.05) is 66.1 Å². The molecule has 0 aliphatic heterocycles. The van der Waals surface area contributed by atoms with E-state index in [1.807, 2.05) is 32.3 Å². The van der Waals surface area contributed by atoms with Gasteiger partial charge in [-0.15, -0.1) is 0 Å². The molecule has 1 aromatic heterocycles. The highest BCUT2D eigenvalue weighted by Crippen LogP contribution is 2.31. The van der Waals surface area contributed by atoms with E-state index in [9.17, 15) is 4.79 Å². The third kappa shape index (κ3) is 4.69. The number of amides is 1. The molecule has 0 spiro atoms. The molecule has 1 N–H and O–H groups in total. The first-order chi connectivity index (χ1) is 13.9. The fourth-order valence-electron chi connectivity index (χ4n) is 3.33. The number of aromatic nitrogens is 1. The second kappa shape index (κ2) is 9.25. The molecule has 0 bridgehead atoms. The van der Waals surface area contributed by atoms with E-state index in [0.29, 0.717) is 34.1 Å². The molecule has 29 heavy (non-hydrogen) atoms. The summed E-state index contributed by atoms with van der Waals surface area (Å²) in [5.41, 5.74) is 3.99. The predicted octanol–water partition coefficient (Wildman–Crippen LogP) is 4.90. The molecule has 1 atom stereocenters. The molecule has 5 nitrogen and oxygen atoms in total. The van der Waals surface area contributed by atoms with E-state index in [1.165, 1.54) is 5.56 Å². The lowest BCUT2D eigenvalue weighted by Crippen LogP contribution is -2.34. The fourth-order valence-corrected chi connectivity index (χ4v) is 3.55. The third-order valence-corrected chi connectivity index (χ3v) is 5.40. The second-order valence-electron chi connectivity index (χ2n) is 7.23. The number of carbonyl (C=O) groups is 1. The van der Waals surface area contributed by atoms with Crippen molar-refractivity contribution in [1.29, 1.82) is 0 Å². The Kier molecular flexibility index (Phi) is 6.72. The van der Waals surface area contributed by atoms with Crippen molar-refractivity contribution in [2.75, 3.05) is 20.6 Å². The van der Waals surface area contributed by atoms with Gasteiger partial charge in [-0.25, -0.2) is 0 Å². The van der Waals surface area contributed by atoms with Crippen molar-refractivity contribution in [2.45, 2.75) is 26.3 Å². The quantitative estimate of drug-likeness (QED) is 0.600. The van der Waals surface area contributed by atoms with Gasteiger partial charge in [-0.3, -0.25) is 4.79 Å². The number of nitrogens with one attached hydrogen (secondary N) is 1. The van der Waals surface area contributed by atoms with Crippen LogP contribution in [0.3, 0.4) is 0 Å². The summed E-state index contributed by atoms with van der Waals surface area (Å²) < 4.78 is 5.31. The molecule has 152 valence electrons. The van der Waals surface area contributed by atoms with Crippen LogP contribution in [0.2, 0.25) is 5.02 Å². The SMILES string of the molecule is CCc1ccc(C(CNC(=O)c2c(-c3ccccc3Cl)noc2C)N(C)C)cc1. The predicted molar refractivity (Wildman–Crippen MR) is 116 cm³/mol. The molecular formula is C23H26ClN3O2. The number of carbonyl (C=O) groups excluding carboxylic acids is 1. The lowest BCUT2D eigenvalue weighted by molar-refractivity contribution is 0.0941. The minimum Gasteiger partial charge on any atom is -0.360 e. The molecule has 0 radical (unpaired) electrons. The highest BCUT2D eigenvalue weighted by molar-refractivity contribution is 6.33. The van der Waals surface area contributed by atoms with Gasteiger partial charge in [0.15, 0.2) is 0 Å². The van der Waals surface area contributed by atoms with Crippen molar-refractivity contribution in [1.82, 2.24) is 15.4 Å². The molecular weight excluding hydrogens is 386 g/mol. The zero-order chi connectivity index (χ0) is 21.0. The standard InChI is InChI=1S/C23H26ClN3O2/c1-5-16-10-12-17(13-11-16)20(27(3)4)14-25-23(28)21-15(2)29-26-22(21)18-8-6-7-9-19(18)24/h6-13,20H,5,14H2,1-4H3,(H,25,28). The molecule has 1 amide bonds. The Morgan fingerprint density at radius 1 is 1.17 bits per heavy atom. The maximum Gasteiger partial charge on any atom is 0.257 e. The van der Waals surface area contributed by atoms with Gasteiger partial charge in [-0.05, 0) is 44.6 Å². The van der Waals surface area contributed by atoms with Gasteiger partial charge >= 0.3 is 0 Å². The summed E-state index contributed by atoms with van der Waals surface area (Å²) in [5.74, 6) is 0.238. The number of likely N-dealkylation sites (N-methyl/N-ethyl adjacent to an activating group) is 1. The van der Waals surface area contributed by atoms with Crippen molar-refractivity contribution in [3.63, 3.8) is 0 Å². The van der Waals surface area contributed by atoms with Crippen molar-refractivity contribution < 1.29 is 9.32 Å². The van der Waals surface area contributed by atoms with E-state index in [-0.39, 0.29) is 11.9 Å². The molecule has 0 aliphatic carbocycles. The van der Waals surface area contributed by atoms with Crippen LogP contribution in [0, 0.1) is 6.92 Å². The summed E-state index contributed by atoms with van der Waals surface area (Å²) in [6.45, 7) is 4.33. The number of halogens is 1. The first kappa shape index (κ1) is 21.1. The molecule has 0 saturated heterocycles. The minimum absolute atomic E-state index is 0.0498. The Labute approximate surface area is 176 Å². The van der Waals surface area contributed by atoms with E-state index < -0.39 is 0 Å². The molecule has 0 saturated carbocycles. The minimum atomic E-state index is -0.226. The average molecular weight is 412 g/mol. The first-order valence-electron chi connectivity index (χ1n) is 9.67. The van der Waals surface area contributed by atoms with Crippen molar-refractivity contribution >= 4 is 17.5 Å². The number of hydrogen-bond donors (Lipinski definition) is 1. The van der Waals surface area contributed by atoms with Gasteiger partial charge in [0.2, 0.25) is 0 Å². The van der Waals surface area contributed by atoms with Crippen LogP contribution >= 0.6 is 11.6 Å². The Morgan fingerprint density at radius 3 is 2.48 bits per heavy atom. The van der Waals surface area contributed by atoms with Crippen LogP contribution in [0.4, 0.5) is 0 Å². The van der Waals surface area contributed by atoms with Crippen molar-refractivity contribution in [3.05, 3.63) is 76.0 Å². The van der Waals surface area contributed by atoms with Crippen molar-refractivity contribution in [2.24, 2.45) is 0 Å². The maximum atomic E-state index is 13.0. The molecule has 2 aromatic carbocycles. The van der Waals surface area contributed by atoms with Gasteiger partial charge in [-0.2, -0.15) is 0 Å². The lowest BCUT2D eigenvalue weighted by Gasteiger charge is -2.25. The third-order valence-electron chi connectivity index (χ3n) is 5.07. The number of benzene rings is 2. The van der Waals surface area contributed by atoms with Crippen LogP contribution < -0.4 is 5.32 Å². The zero-order valence-corrected chi connectivity index (χ0v) is 18.0. The topological polar surface area (TPSA) is 58.4 Å². The monoisotopic (exact) mass is 411 g/mol. The molecule has 1 heterocycles. The number of hydrogen-bond acceptors (Lipinski definition) is 4. The Hall–Kier alpha value is -2.63. The van der Waals surface area contributed by atoms with E-state index >= 15 is 0 Å². The summed E-state index contributed by atoms with van der Waals surface area (Å²) in [5, 5.41) is 7.64.